The van der Waals surface area contributed by atoms with Crippen molar-refractivity contribution in [1.29, 1.82) is 0 Å². The van der Waals surface area contributed by atoms with Crippen molar-refractivity contribution in [3.8, 4) is 0 Å². The molecule has 0 amide bonds. The van der Waals surface area contributed by atoms with Gasteiger partial charge < -0.3 is 10.6 Å². The Balaban J connectivity index is 1.76. The molecular weight excluding hydrogens is 314 g/mol. The minimum Gasteiger partial charge on any atom is -0.356 e. The highest BCUT2D eigenvalue weighted by Gasteiger charge is 2.06. The molecule has 0 bridgehead atoms. The molecule has 2 aromatic heterocycles. The third-order valence-electron chi connectivity index (χ3n) is 3.22. The van der Waals surface area contributed by atoms with Gasteiger partial charge in [-0.25, -0.2) is 9.97 Å². The molecule has 120 valence electrons. The van der Waals surface area contributed by atoms with Gasteiger partial charge in [0.05, 0.1) is 17.2 Å². The standard InChI is InChI=1S/C15H23N5S2/c1-5-12-8-18-14(22-12)9-19-15(16-4)17-7-6-13-10(2)20-11(3)21-13/h8H,5-7,9H2,1-4H3,(H2,16,17,19). The zero-order valence-electron chi connectivity index (χ0n) is 13.6. The molecule has 0 radical (unpaired) electrons. The van der Waals surface area contributed by atoms with E-state index >= 15 is 0 Å². The number of aryl methyl sites for hydroxylation is 3. The highest BCUT2D eigenvalue weighted by atomic mass is 32.1. The smallest absolute Gasteiger partial charge is 0.191 e. The molecule has 7 heteroatoms. The summed E-state index contributed by atoms with van der Waals surface area (Å²) in [6, 6.07) is 0. The molecule has 0 aliphatic carbocycles. The van der Waals surface area contributed by atoms with Crippen molar-refractivity contribution >= 4 is 28.6 Å². The normalized spacial score (nSPS) is 11.7. The second kappa shape index (κ2) is 8.24. The maximum atomic E-state index is 4.45. The van der Waals surface area contributed by atoms with Gasteiger partial charge in [-0.2, -0.15) is 0 Å². The van der Waals surface area contributed by atoms with Crippen LogP contribution in [0, 0.1) is 13.8 Å². The van der Waals surface area contributed by atoms with E-state index in [4.69, 9.17) is 0 Å². The van der Waals surface area contributed by atoms with Gasteiger partial charge in [0.2, 0.25) is 0 Å². The van der Waals surface area contributed by atoms with E-state index in [1.54, 1.807) is 29.7 Å². The Bertz CT molecular complexity index is 630. The molecule has 2 aromatic rings. The van der Waals surface area contributed by atoms with Gasteiger partial charge in [-0.3, -0.25) is 4.99 Å². The number of nitrogens with one attached hydrogen (secondary N) is 2. The first kappa shape index (κ1) is 16.9. The summed E-state index contributed by atoms with van der Waals surface area (Å²) in [5.41, 5.74) is 1.14. The first-order chi connectivity index (χ1) is 10.6. The van der Waals surface area contributed by atoms with Crippen LogP contribution in [0.5, 0.6) is 0 Å². The topological polar surface area (TPSA) is 62.2 Å². The van der Waals surface area contributed by atoms with Crippen molar-refractivity contribution < 1.29 is 0 Å². The number of aromatic nitrogens is 2. The molecule has 0 aliphatic rings. The predicted octanol–water partition coefficient (Wildman–Crippen LogP) is 2.69. The number of aliphatic imine (C=N–C) groups is 1. The van der Waals surface area contributed by atoms with Gasteiger partial charge in [0.15, 0.2) is 5.96 Å². The maximum Gasteiger partial charge on any atom is 0.191 e. The van der Waals surface area contributed by atoms with Crippen LogP contribution in [0.25, 0.3) is 0 Å². The Hall–Kier alpha value is -1.47. The van der Waals surface area contributed by atoms with Crippen molar-refractivity contribution in [1.82, 2.24) is 20.6 Å². The summed E-state index contributed by atoms with van der Waals surface area (Å²) in [7, 11) is 1.79. The van der Waals surface area contributed by atoms with E-state index in [1.807, 2.05) is 13.1 Å². The molecule has 0 aromatic carbocycles. The number of thiazole rings is 2. The first-order valence-corrected chi connectivity index (χ1v) is 9.06. The lowest BCUT2D eigenvalue weighted by molar-refractivity contribution is 0.793. The molecule has 0 saturated heterocycles. The summed E-state index contributed by atoms with van der Waals surface area (Å²) in [4.78, 5) is 15.8. The van der Waals surface area contributed by atoms with Crippen LogP contribution in [-0.4, -0.2) is 29.5 Å². The Labute approximate surface area is 139 Å². The third-order valence-corrected chi connectivity index (χ3v) is 5.50. The summed E-state index contributed by atoms with van der Waals surface area (Å²) in [6.07, 6.45) is 3.96. The van der Waals surface area contributed by atoms with Gasteiger partial charge in [-0.1, -0.05) is 6.92 Å². The molecule has 0 atom stereocenters. The summed E-state index contributed by atoms with van der Waals surface area (Å²) < 4.78 is 0. The monoisotopic (exact) mass is 337 g/mol. The zero-order valence-corrected chi connectivity index (χ0v) is 15.2. The lowest BCUT2D eigenvalue weighted by Gasteiger charge is -2.10. The fraction of sp³-hybridized carbons (Fsp3) is 0.533. The van der Waals surface area contributed by atoms with Crippen molar-refractivity contribution in [2.45, 2.75) is 40.2 Å². The number of hydrogen-bond acceptors (Lipinski definition) is 5. The molecule has 0 saturated carbocycles. The van der Waals surface area contributed by atoms with E-state index in [0.29, 0.717) is 6.54 Å². The Morgan fingerprint density at radius 2 is 2.09 bits per heavy atom. The van der Waals surface area contributed by atoms with Gasteiger partial charge in [0.25, 0.3) is 0 Å². The van der Waals surface area contributed by atoms with Crippen molar-refractivity contribution in [3.05, 3.63) is 31.7 Å². The fourth-order valence-corrected chi connectivity index (χ4v) is 3.81. The Morgan fingerprint density at radius 3 is 2.68 bits per heavy atom. The highest BCUT2D eigenvalue weighted by Crippen LogP contribution is 2.17. The van der Waals surface area contributed by atoms with Crippen molar-refractivity contribution in [2.24, 2.45) is 4.99 Å². The van der Waals surface area contributed by atoms with Crippen LogP contribution in [0.2, 0.25) is 0 Å². The molecule has 2 heterocycles. The van der Waals surface area contributed by atoms with Crippen LogP contribution in [0.4, 0.5) is 0 Å². The van der Waals surface area contributed by atoms with Gasteiger partial charge in [-0.15, -0.1) is 22.7 Å². The van der Waals surface area contributed by atoms with Crippen LogP contribution in [0.3, 0.4) is 0 Å². The fourth-order valence-electron chi connectivity index (χ4n) is 2.07. The quantitative estimate of drug-likeness (QED) is 0.628. The average Bonchev–Trinajstić information content (AvgIpc) is 3.09. The van der Waals surface area contributed by atoms with Gasteiger partial charge >= 0.3 is 0 Å². The van der Waals surface area contributed by atoms with Crippen LogP contribution >= 0.6 is 22.7 Å². The van der Waals surface area contributed by atoms with Crippen molar-refractivity contribution in [3.63, 3.8) is 0 Å². The summed E-state index contributed by atoms with van der Waals surface area (Å²) in [5.74, 6) is 0.812. The van der Waals surface area contributed by atoms with E-state index < -0.39 is 0 Å². The van der Waals surface area contributed by atoms with Crippen molar-refractivity contribution in [2.75, 3.05) is 13.6 Å². The van der Waals surface area contributed by atoms with E-state index in [0.717, 1.165) is 41.1 Å². The minimum absolute atomic E-state index is 0.711. The van der Waals surface area contributed by atoms with Gasteiger partial charge in [-0.05, 0) is 20.3 Å². The summed E-state index contributed by atoms with van der Waals surface area (Å²) in [6.45, 7) is 7.82. The summed E-state index contributed by atoms with van der Waals surface area (Å²) >= 11 is 3.52. The van der Waals surface area contributed by atoms with E-state index in [2.05, 4.69) is 39.4 Å². The van der Waals surface area contributed by atoms with Crippen LogP contribution in [0.15, 0.2) is 11.2 Å². The zero-order chi connectivity index (χ0) is 15.9. The third kappa shape index (κ3) is 4.78. The SMILES string of the molecule is CCc1cnc(CNC(=NC)NCCc2sc(C)nc2C)s1. The predicted molar refractivity (Wildman–Crippen MR) is 95.0 cm³/mol. The maximum absolute atomic E-state index is 4.45. The molecule has 0 fully saturated rings. The van der Waals surface area contributed by atoms with Gasteiger partial charge in [0, 0.05) is 36.0 Å². The number of guanidine groups is 1. The molecule has 22 heavy (non-hydrogen) atoms. The van der Waals surface area contributed by atoms with E-state index in [-0.39, 0.29) is 0 Å². The lowest BCUT2D eigenvalue weighted by atomic mass is 10.3. The molecule has 0 spiro atoms. The largest absolute Gasteiger partial charge is 0.356 e. The van der Waals surface area contributed by atoms with Gasteiger partial charge in [0.1, 0.15) is 5.01 Å². The molecule has 0 unspecified atom stereocenters. The number of rotatable bonds is 6. The second-order valence-corrected chi connectivity index (χ2v) is 7.41. The Morgan fingerprint density at radius 1 is 1.27 bits per heavy atom. The number of nitrogens with zero attached hydrogens (tertiary/aromatic N) is 3. The minimum atomic E-state index is 0.711. The Kier molecular flexibility index (Phi) is 6.33. The molecule has 0 aliphatic heterocycles. The van der Waals surface area contributed by atoms with E-state index in [1.165, 1.54) is 9.75 Å². The molecule has 2 rings (SSSR count). The molecule has 2 N–H and O–H groups in total. The van der Waals surface area contributed by atoms with Crippen LogP contribution < -0.4 is 10.6 Å². The first-order valence-electron chi connectivity index (χ1n) is 7.43. The molecule has 5 nitrogen and oxygen atoms in total. The average molecular weight is 338 g/mol. The van der Waals surface area contributed by atoms with Crippen LogP contribution in [0.1, 0.15) is 32.4 Å². The lowest BCUT2D eigenvalue weighted by Crippen LogP contribution is -2.37. The highest BCUT2D eigenvalue weighted by molar-refractivity contribution is 7.11. The second-order valence-electron chi connectivity index (χ2n) is 4.92. The van der Waals surface area contributed by atoms with Crippen LogP contribution in [-0.2, 0) is 19.4 Å². The molecular formula is C15H23N5S2. The van der Waals surface area contributed by atoms with E-state index in [9.17, 15) is 0 Å². The summed E-state index contributed by atoms with van der Waals surface area (Å²) in [5, 5.41) is 8.87. The number of hydrogen-bond donors (Lipinski definition) is 2.